The van der Waals surface area contributed by atoms with Gasteiger partial charge < -0.3 is 11.1 Å². The van der Waals surface area contributed by atoms with Crippen molar-refractivity contribution in [1.82, 2.24) is 9.62 Å². The monoisotopic (exact) mass is 331 g/mol. The highest BCUT2D eigenvalue weighted by Crippen LogP contribution is 2.35. The zero-order valence-corrected chi connectivity index (χ0v) is 13.5. The topological polar surface area (TPSA) is 92.5 Å². The molecule has 1 heterocycles. The van der Waals surface area contributed by atoms with E-state index >= 15 is 0 Å². The van der Waals surface area contributed by atoms with Crippen LogP contribution in [-0.2, 0) is 14.8 Å². The van der Waals surface area contributed by atoms with Crippen molar-refractivity contribution in [3.63, 3.8) is 0 Å². The number of hydrogen-bond acceptors (Lipinski definition) is 4. The van der Waals surface area contributed by atoms with Crippen LogP contribution < -0.4 is 11.1 Å². The third kappa shape index (κ3) is 2.86. The van der Waals surface area contributed by atoms with E-state index in [4.69, 9.17) is 17.3 Å². The summed E-state index contributed by atoms with van der Waals surface area (Å²) in [5.74, 6) is -0.163. The normalized spacial score (nSPS) is 23.2. The largest absolute Gasteiger partial charge is 0.398 e. The summed E-state index contributed by atoms with van der Waals surface area (Å²) in [5.41, 5.74) is 5.15. The molecule has 116 valence electrons. The predicted octanol–water partition coefficient (Wildman–Crippen LogP) is 1.07. The molecule has 1 aromatic rings. The van der Waals surface area contributed by atoms with Crippen molar-refractivity contribution in [2.75, 3.05) is 25.9 Å². The van der Waals surface area contributed by atoms with Crippen LogP contribution in [0.25, 0.3) is 0 Å². The van der Waals surface area contributed by atoms with Crippen LogP contribution in [0.2, 0.25) is 5.02 Å². The Morgan fingerprint density at radius 1 is 1.48 bits per heavy atom. The van der Waals surface area contributed by atoms with E-state index in [0.29, 0.717) is 11.4 Å². The summed E-state index contributed by atoms with van der Waals surface area (Å²) < 4.78 is 26.6. The van der Waals surface area contributed by atoms with E-state index < -0.39 is 15.4 Å². The van der Waals surface area contributed by atoms with Crippen LogP contribution >= 0.6 is 11.6 Å². The van der Waals surface area contributed by atoms with Gasteiger partial charge in [0.05, 0.1) is 11.1 Å². The summed E-state index contributed by atoms with van der Waals surface area (Å²) in [5, 5.41) is 2.95. The molecule has 1 unspecified atom stereocenters. The molecular weight excluding hydrogens is 314 g/mol. The molecule has 0 aliphatic carbocycles. The molecule has 1 aliphatic rings. The number of carbonyl (C=O) groups is 1. The van der Waals surface area contributed by atoms with Gasteiger partial charge in [-0.1, -0.05) is 11.6 Å². The Morgan fingerprint density at radius 2 is 2.14 bits per heavy atom. The molecule has 0 radical (unpaired) electrons. The van der Waals surface area contributed by atoms with Gasteiger partial charge in [-0.25, -0.2) is 8.42 Å². The molecule has 1 saturated heterocycles. The zero-order valence-electron chi connectivity index (χ0n) is 11.9. The van der Waals surface area contributed by atoms with Gasteiger partial charge >= 0.3 is 0 Å². The summed E-state index contributed by atoms with van der Waals surface area (Å²) >= 11 is 5.79. The van der Waals surface area contributed by atoms with Crippen molar-refractivity contribution in [3.05, 3.63) is 23.2 Å². The zero-order chi connectivity index (χ0) is 15.8. The van der Waals surface area contributed by atoms with Crippen molar-refractivity contribution >= 4 is 33.2 Å². The molecule has 1 aliphatic heterocycles. The lowest BCUT2D eigenvalue weighted by Gasteiger charge is -2.23. The first-order valence-electron chi connectivity index (χ1n) is 6.48. The minimum atomic E-state index is -3.73. The quantitative estimate of drug-likeness (QED) is 0.810. The number of amides is 1. The van der Waals surface area contributed by atoms with Gasteiger partial charge in [0.2, 0.25) is 15.9 Å². The number of nitrogens with zero attached hydrogens (tertiary/aromatic N) is 1. The first kappa shape index (κ1) is 16.1. The lowest BCUT2D eigenvalue weighted by atomic mass is 9.89. The van der Waals surface area contributed by atoms with Gasteiger partial charge in [0.1, 0.15) is 4.90 Å². The fourth-order valence-electron chi connectivity index (χ4n) is 2.50. The Morgan fingerprint density at radius 3 is 2.71 bits per heavy atom. The number of sulfonamides is 1. The molecule has 6 nitrogen and oxygen atoms in total. The van der Waals surface area contributed by atoms with E-state index in [-0.39, 0.29) is 29.6 Å². The third-order valence-corrected chi connectivity index (χ3v) is 5.96. The van der Waals surface area contributed by atoms with Gasteiger partial charge in [-0.3, -0.25) is 4.79 Å². The minimum Gasteiger partial charge on any atom is -0.398 e. The van der Waals surface area contributed by atoms with E-state index in [9.17, 15) is 13.2 Å². The predicted molar refractivity (Wildman–Crippen MR) is 81.4 cm³/mol. The maximum absolute atomic E-state index is 12.6. The molecule has 1 aromatic carbocycles. The number of benzene rings is 1. The van der Waals surface area contributed by atoms with E-state index in [2.05, 4.69) is 5.32 Å². The van der Waals surface area contributed by atoms with E-state index in [1.807, 2.05) is 0 Å². The van der Waals surface area contributed by atoms with Gasteiger partial charge in [-0.05, 0) is 31.5 Å². The van der Waals surface area contributed by atoms with Gasteiger partial charge in [0, 0.05) is 25.2 Å². The van der Waals surface area contributed by atoms with E-state index in [0.717, 1.165) is 0 Å². The molecule has 1 amide bonds. The van der Waals surface area contributed by atoms with Crippen molar-refractivity contribution in [3.8, 4) is 0 Å². The van der Waals surface area contributed by atoms with Gasteiger partial charge in [-0.15, -0.1) is 0 Å². The fourth-order valence-corrected chi connectivity index (χ4v) is 4.35. The molecule has 0 spiro atoms. The molecule has 0 saturated carbocycles. The Labute approximate surface area is 129 Å². The summed E-state index contributed by atoms with van der Waals surface area (Å²) in [7, 11) is -2.19. The van der Waals surface area contributed by atoms with E-state index in [1.54, 1.807) is 14.0 Å². The summed E-state index contributed by atoms with van der Waals surface area (Å²) in [6, 6.07) is 4.28. The van der Waals surface area contributed by atoms with Crippen molar-refractivity contribution < 1.29 is 13.2 Å². The third-order valence-electron chi connectivity index (χ3n) is 3.80. The van der Waals surface area contributed by atoms with Gasteiger partial charge in [-0.2, -0.15) is 4.31 Å². The Hall–Kier alpha value is -1.31. The minimum absolute atomic E-state index is 0.0213. The van der Waals surface area contributed by atoms with Crippen LogP contribution in [0.1, 0.15) is 13.3 Å². The number of anilines is 1. The van der Waals surface area contributed by atoms with Crippen molar-refractivity contribution in [1.29, 1.82) is 0 Å². The molecule has 8 heteroatoms. The number of nitrogens with one attached hydrogen (secondary N) is 1. The number of carbonyl (C=O) groups excluding carboxylic acids is 1. The highest BCUT2D eigenvalue weighted by molar-refractivity contribution is 7.89. The van der Waals surface area contributed by atoms with Crippen LogP contribution in [0, 0.1) is 5.41 Å². The molecular formula is C13H18ClN3O3S. The average Bonchev–Trinajstić information content (AvgIpc) is 2.82. The van der Waals surface area contributed by atoms with Gasteiger partial charge in [0.15, 0.2) is 0 Å². The molecule has 2 rings (SSSR count). The van der Waals surface area contributed by atoms with Crippen LogP contribution in [0.4, 0.5) is 5.69 Å². The highest BCUT2D eigenvalue weighted by atomic mass is 35.5. The second-order valence-corrected chi connectivity index (χ2v) is 7.75. The Kier molecular flexibility index (Phi) is 4.19. The number of rotatable bonds is 3. The van der Waals surface area contributed by atoms with Crippen molar-refractivity contribution in [2.24, 2.45) is 5.41 Å². The molecule has 21 heavy (non-hydrogen) atoms. The second kappa shape index (κ2) is 5.47. The molecule has 0 bridgehead atoms. The van der Waals surface area contributed by atoms with Crippen LogP contribution in [0.15, 0.2) is 23.1 Å². The lowest BCUT2D eigenvalue weighted by Crippen LogP contribution is -2.40. The average molecular weight is 332 g/mol. The molecule has 1 fully saturated rings. The molecule has 1 atom stereocenters. The van der Waals surface area contributed by atoms with Crippen molar-refractivity contribution in [2.45, 2.75) is 18.2 Å². The first-order chi connectivity index (χ1) is 9.70. The fraction of sp³-hybridized carbons (Fsp3) is 0.462. The Balaban J connectivity index is 2.32. The van der Waals surface area contributed by atoms with E-state index in [1.165, 1.54) is 22.5 Å². The standard InChI is InChI=1S/C13H18ClN3O3S/c1-13(12(18)16-2)5-6-17(8-13)21(19,20)11-4-3-9(14)7-10(11)15/h3-4,7H,5-6,8,15H2,1-2H3,(H,16,18). The van der Waals surface area contributed by atoms with Crippen LogP contribution in [0.5, 0.6) is 0 Å². The van der Waals surface area contributed by atoms with Gasteiger partial charge in [0.25, 0.3) is 0 Å². The summed E-state index contributed by atoms with van der Waals surface area (Å²) in [6.07, 6.45) is 0.472. The molecule has 3 N–H and O–H groups in total. The number of hydrogen-bond donors (Lipinski definition) is 2. The molecule has 0 aromatic heterocycles. The van der Waals surface area contributed by atoms with Crippen LogP contribution in [-0.4, -0.2) is 38.8 Å². The SMILES string of the molecule is CNC(=O)C1(C)CCN(S(=O)(=O)c2ccc(Cl)cc2N)C1. The second-order valence-electron chi connectivity index (χ2n) is 5.41. The number of halogens is 1. The summed E-state index contributed by atoms with van der Waals surface area (Å²) in [6.45, 7) is 2.18. The number of nitrogen functional groups attached to an aromatic ring is 1. The highest BCUT2D eigenvalue weighted by Gasteiger charge is 2.44. The smallest absolute Gasteiger partial charge is 0.245 e. The lowest BCUT2D eigenvalue weighted by molar-refractivity contribution is -0.128. The maximum Gasteiger partial charge on any atom is 0.245 e. The number of nitrogens with two attached hydrogens (primary N) is 1. The first-order valence-corrected chi connectivity index (χ1v) is 8.30. The maximum atomic E-state index is 12.6. The Bertz CT molecular complexity index is 677. The van der Waals surface area contributed by atoms with Crippen LogP contribution in [0.3, 0.4) is 0 Å². The summed E-state index contributed by atoms with van der Waals surface area (Å²) in [4.78, 5) is 11.9.